The first-order valence-corrected chi connectivity index (χ1v) is 9.68. The largest absolute Gasteiger partial charge is 0.472 e. The lowest BCUT2D eigenvalue weighted by Crippen LogP contribution is -2.53. The van der Waals surface area contributed by atoms with Crippen molar-refractivity contribution >= 4 is 11.8 Å². The summed E-state index contributed by atoms with van der Waals surface area (Å²) in [5.41, 5.74) is 1.41. The lowest BCUT2D eigenvalue weighted by Gasteiger charge is -2.40. The van der Waals surface area contributed by atoms with Crippen molar-refractivity contribution in [3.05, 3.63) is 72.3 Å². The van der Waals surface area contributed by atoms with Crippen molar-refractivity contribution in [3.8, 4) is 0 Å². The molecule has 152 valence electrons. The summed E-state index contributed by atoms with van der Waals surface area (Å²) in [5.74, 6) is -0.179. The van der Waals surface area contributed by atoms with E-state index in [4.69, 9.17) is 8.83 Å². The number of aromatic nitrogens is 1. The van der Waals surface area contributed by atoms with Crippen LogP contribution in [0.4, 0.5) is 0 Å². The Morgan fingerprint density at radius 1 is 1.14 bits per heavy atom. The first kappa shape index (κ1) is 19.1. The molecule has 3 aromatic rings. The predicted octanol–water partition coefficient (Wildman–Crippen LogP) is 3.55. The van der Waals surface area contributed by atoms with Crippen LogP contribution < -0.4 is 0 Å². The van der Waals surface area contributed by atoms with Crippen LogP contribution in [0.2, 0.25) is 0 Å². The van der Waals surface area contributed by atoms with Crippen LogP contribution in [0.15, 0.2) is 64.2 Å². The number of amides is 2. The van der Waals surface area contributed by atoms with Gasteiger partial charge >= 0.3 is 0 Å². The molecule has 4 heterocycles. The Morgan fingerprint density at radius 3 is 2.62 bits per heavy atom. The number of hydrogen-bond acceptors (Lipinski definition) is 4. The molecule has 2 amide bonds. The Labute approximate surface area is 169 Å². The third-order valence-electron chi connectivity index (χ3n) is 5.30. The van der Waals surface area contributed by atoms with Gasteiger partial charge in [-0.2, -0.15) is 0 Å². The van der Waals surface area contributed by atoms with Crippen LogP contribution in [0.5, 0.6) is 0 Å². The van der Waals surface area contributed by atoms with Gasteiger partial charge in [0.2, 0.25) is 5.91 Å². The molecular weight excluding hydrogens is 370 g/mol. The molecule has 1 atom stereocenters. The van der Waals surface area contributed by atoms with Crippen LogP contribution in [0, 0.1) is 0 Å². The molecular formula is C22H25N3O4. The molecule has 3 aromatic heterocycles. The molecule has 1 aliphatic heterocycles. The minimum absolute atomic E-state index is 0.0297. The second-order valence-electron chi connectivity index (χ2n) is 8.21. The summed E-state index contributed by atoms with van der Waals surface area (Å²) >= 11 is 0. The Balaban J connectivity index is 1.63. The number of hydrogen-bond donors (Lipinski definition) is 0. The topological polar surface area (TPSA) is 71.8 Å². The smallest absolute Gasteiger partial charge is 0.290 e. The molecule has 1 unspecified atom stereocenters. The van der Waals surface area contributed by atoms with Gasteiger partial charge in [-0.15, -0.1) is 0 Å². The SMILES string of the molecule is CC(C)(C)N(CC(=O)N1CCn2cccc2C1c1ccoc1)C(=O)c1ccco1. The fourth-order valence-corrected chi connectivity index (χ4v) is 3.81. The number of carbonyl (C=O) groups excluding carboxylic acids is 2. The van der Waals surface area contributed by atoms with Gasteiger partial charge in [-0.1, -0.05) is 0 Å². The van der Waals surface area contributed by atoms with E-state index in [2.05, 4.69) is 4.57 Å². The summed E-state index contributed by atoms with van der Waals surface area (Å²) < 4.78 is 12.7. The van der Waals surface area contributed by atoms with Gasteiger partial charge in [-0.3, -0.25) is 9.59 Å². The molecule has 0 spiro atoms. The van der Waals surface area contributed by atoms with Gasteiger partial charge in [-0.05, 0) is 51.1 Å². The van der Waals surface area contributed by atoms with E-state index in [1.165, 1.54) is 6.26 Å². The summed E-state index contributed by atoms with van der Waals surface area (Å²) in [6, 6.07) is 8.93. The zero-order valence-corrected chi connectivity index (χ0v) is 16.9. The van der Waals surface area contributed by atoms with E-state index < -0.39 is 5.54 Å². The molecule has 0 aliphatic carbocycles. The highest BCUT2D eigenvalue weighted by atomic mass is 16.3. The number of rotatable bonds is 4. The molecule has 7 nitrogen and oxygen atoms in total. The van der Waals surface area contributed by atoms with E-state index >= 15 is 0 Å². The Bertz CT molecular complexity index is 980. The average Bonchev–Trinajstić information content (AvgIpc) is 3.45. The summed E-state index contributed by atoms with van der Waals surface area (Å²) in [6.45, 7) is 6.98. The molecule has 0 saturated carbocycles. The highest BCUT2D eigenvalue weighted by Gasteiger charge is 2.37. The van der Waals surface area contributed by atoms with E-state index in [1.54, 1.807) is 29.6 Å². The molecule has 0 fully saturated rings. The van der Waals surface area contributed by atoms with Gasteiger partial charge < -0.3 is 23.2 Å². The third-order valence-corrected chi connectivity index (χ3v) is 5.30. The summed E-state index contributed by atoms with van der Waals surface area (Å²) in [7, 11) is 0. The minimum atomic E-state index is -0.541. The predicted molar refractivity (Wildman–Crippen MR) is 106 cm³/mol. The maximum atomic E-state index is 13.4. The molecule has 0 N–H and O–H groups in total. The van der Waals surface area contributed by atoms with Gasteiger partial charge in [0.05, 0.1) is 18.8 Å². The van der Waals surface area contributed by atoms with Gasteiger partial charge in [0, 0.05) is 36.1 Å². The van der Waals surface area contributed by atoms with E-state index in [0.29, 0.717) is 13.1 Å². The van der Waals surface area contributed by atoms with Crippen LogP contribution >= 0.6 is 0 Å². The van der Waals surface area contributed by atoms with Crippen molar-refractivity contribution in [1.82, 2.24) is 14.4 Å². The first-order valence-electron chi connectivity index (χ1n) is 9.68. The van der Waals surface area contributed by atoms with Gasteiger partial charge in [0.1, 0.15) is 12.6 Å². The molecule has 0 radical (unpaired) electrons. The monoisotopic (exact) mass is 395 g/mol. The lowest BCUT2D eigenvalue weighted by atomic mass is 10.0. The van der Waals surface area contributed by atoms with Crippen molar-refractivity contribution in [2.45, 2.75) is 38.9 Å². The second-order valence-corrected chi connectivity index (χ2v) is 8.21. The quantitative estimate of drug-likeness (QED) is 0.677. The highest BCUT2D eigenvalue weighted by Crippen LogP contribution is 2.33. The van der Waals surface area contributed by atoms with E-state index in [9.17, 15) is 9.59 Å². The van der Waals surface area contributed by atoms with E-state index in [0.717, 1.165) is 11.3 Å². The molecule has 0 bridgehead atoms. The van der Waals surface area contributed by atoms with Crippen molar-refractivity contribution in [3.63, 3.8) is 0 Å². The normalized spacial score (nSPS) is 16.5. The Morgan fingerprint density at radius 2 is 1.97 bits per heavy atom. The first-order chi connectivity index (χ1) is 13.9. The molecule has 7 heteroatoms. The molecule has 0 aromatic carbocycles. The van der Waals surface area contributed by atoms with E-state index in [-0.39, 0.29) is 30.2 Å². The molecule has 1 aliphatic rings. The summed E-state index contributed by atoms with van der Waals surface area (Å²) in [5, 5.41) is 0. The highest BCUT2D eigenvalue weighted by molar-refractivity contribution is 5.95. The number of carbonyl (C=O) groups is 2. The van der Waals surface area contributed by atoms with Gasteiger partial charge in [-0.25, -0.2) is 0 Å². The average molecular weight is 395 g/mol. The third kappa shape index (κ3) is 3.60. The molecule has 0 saturated heterocycles. The summed E-state index contributed by atoms with van der Waals surface area (Å²) in [4.78, 5) is 29.8. The van der Waals surface area contributed by atoms with Crippen LogP contribution in [0.3, 0.4) is 0 Å². The molecule has 29 heavy (non-hydrogen) atoms. The van der Waals surface area contributed by atoms with Crippen LogP contribution in [-0.2, 0) is 11.3 Å². The fraction of sp³-hybridized carbons (Fsp3) is 0.364. The van der Waals surface area contributed by atoms with Gasteiger partial charge in [0.25, 0.3) is 5.91 Å². The van der Waals surface area contributed by atoms with Crippen molar-refractivity contribution in [1.29, 1.82) is 0 Å². The van der Waals surface area contributed by atoms with E-state index in [1.807, 2.05) is 50.1 Å². The second kappa shape index (κ2) is 7.31. The maximum Gasteiger partial charge on any atom is 0.290 e. The summed E-state index contributed by atoms with van der Waals surface area (Å²) in [6.07, 6.45) is 6.76. The number of nitrogens with zero attached hydrogens (tertiary/aromatic N) is 3. The number of fused-ring (bicyclic) bond motifs is 1. The zero-order valence-electron chi connectivity index (χ0n) is 16.9. The van der Waals surface area contributed by atoms with Gasteiger partial charge in [0.15, 0.2) is 5.76 Å². The number of furan rings is 2. The standard InChI is InChI=1S/C22H25N3O4/c1-22(2,3)25(21(27)18-7-5-12-29-18)14-19(26)24-11-10-23-9-4-6-17(23)20(24)16-8-13-28-15-16/h4-9,12-13,15,20H,10-11,14H2,1-3H3. The van der Waals surface area contributed by atoms with Crippen LogP contribution in [0.25, 0.3) is 0 Å². The lowest BCUT2D eigenvalue weighted by molar-refractivity contribution is -0.135. The Hall–Kier alpha value is -3.22. The molecule has 4 rings (SSSR count). The van der Waals surface area contributed by atoms with Crippen LogP contribution in [-0.4, -0.2) is 44.8 Å². The van der Waals surface area contributed by atoms with Crippen molar-refractivity contribution < 1.29 is 18.4 Å². The van der Waals surface area contributed by atoms with Crippen molar-refractivity contribution in [2.24, 2.45) is 0 Å². The Kier molecular flexibility index (Phi) is 4.82. The van der Waals surface area contributed by atoms with Crippen molar-refractivity contribution in [2.75, 3.05) is 13.1 Å². The maximum absolute atomic E-state index is 13.4. The zero-order chi connectivity index (χ0) is 20.6. The fourth-order valence-electron chi connectivity index (χ4n) is 3.81. The minimum Gasteiger partial charge on any atom is -0.472 e. The van der Waals surface area contributed by atoms with Crippen LogP contribution in [0.1, 0.15) is 48.6 Å².